The Labute approximate surface area is 213 Å². The average Bonchev–Trinajstić information content (AvgIpc) is 2.85. The Hall–Kier alpha value is -3.64. The topological polar surface area (TPSA) is 147 Å². The number of nitrogens with zero attached hydrogens (tertiary/aromatic N) is 5. The Balaban J connectivity index is 0.000000493. The second-order valence-corrected chi connectivity index (χ2v) is 8.15. The molecule has 36 heavy (non-hydrogen) atoms. The fourth-order valence-corrected chi connectivity index (χ4v) is 3.50. The summed E-state index contributed by atoms with van der Waals surface area (Å²) >= 11 is 6.15. The summed E-state index contributed by atoms with van der Waals surface area (Å²) in [4.78, 5) is 39.1. The molecule has 0 radical (unpaired) electrons. The highest BCUT2D eigenvalue weighted by Crippen LogP contribution is 2.31. The smallest absolute Gasteiger partial charge is 0.366 e. The van der Waals surface area contributed by atoms with Crippen molar-refractivity contribution in [2.24, 2.45) is 7.05 Å². The van der Waals surface area contributed by atoms with Crippen LogP contribution in [-0.2, 0) is 16.6 Å². The van der Waals surface area contributed by atoms with Gasteiger partial charge in [0.05, 0.1) is 19.4 Å². The lowest BCUT2D eigenvalue weighted by Crippen LogP contribution is -2.46. The Morgan fingerprint density at radius 3 is 2.36 bits per heavy atom. The molecule has 0 atom stereocenters. The highest BCUT2D eigenvalue weighted by atomic mass is 35.5. The van der Waals surface area contributed by atoms with E-state index in [0.29, 0.717) is 18.8 Å². The van der Waals surface area contributed by atoms with E-state index in [9.17, 15) is 14.4 Å². The van der Waals surface area contributed by atoms with Gasteiger partial charge in [0.15, 0.2) is 0 Å². The van der Waals surface area contributed by atoms with Gasteiger partial charge in [-0.05, 0) is 37.6 Å². The Morgan fingerprint density at radius 2 is 1.78 bits per heavy atom. The Kier molecular flexibility index (Phi) is 11.7. The second-order valence-electron chi connectivity index (χ2n) is 7.71. The summed E-state index contributed by atoms with van der Waals surface area (Å²) in [5.74, 6) is -1.37. The van der Waals surface area contributed by atoms with E-state index < -0.39 is 17.6 Å². The molecule has 0 saturated carbocycles. The first-order valence-corrected chi connectivity index (χ1v) is 11.6. The zero-order valence-corrected chi connectivity index (χ0v) is 20.9. The van der Waals surface area contributed by atoms with Gasteiger partial charge in [0, 0.05) is 50.4 Å². The van der Waals surface area contributed by atoms with Gasteiger partial charge in [0.25, 0.3) is 0 Å². The molecular formula is C23H30ClN5O7. The molecule has 12 nitrogen and oxygen atoms in total. The van der Waals surface area contributed by atoms with Crippen molar-refractivity contribution in [1.82, 2.24) is 19.7 Å². The summed E-state index contributed by atoms with van der Waals surface area (Å²) in [7, 11) is 3.24. The third kappa shape index (κ3) is 9.92. The predicted molar refractivity (Wildman–Crippen MR) is 133 cm³/mol. The van der Waals surface area contributed by atoms with Gasteiger partial charge in [-0.3, -0.25) is 4.90 Å². The monoisotopic (exact) mass is 523 g/mol. The molecule has 196 valence electrons. The number of piperazine rings is 1. The molecule has 0 amide bonds. The number of hydrogen-bond donors (Lipinski definition) is 2. The quantitative estimate of drug-likeness (QED) is 0.345. The first kappa shape index (κ1) is 28.6. The van der Waals surface area contributed by atoms with Crippen LogP contribution in [-0.4, -0.2) is 88.3 Å². The number of carboxylic acid groups (broad SMARTS) is 2. The molecule has 13 heteroatoms. The van der Waals surface area contributed by atoms with E-state index in [2.05, 4.69) is 19.9 Å². The zero-order valence-electron chi connectivity index (χ0n) is 20.2. The number of unbranched alkanes of at least 4 members (excludes halogenated alkanes) is 1. The largest absolute Gasteiger partial charge is 0.495 e. The van der Waals surface area contributed by atoms with Gasteiger partial charge in [-0.1, -0.05) is 11.6 Å². The molecule has 0 spiro atoms. The summed E-state index contributed by atoms with van der Waals surface area (Å²) in [5.41, 5.74) is 0.643. The summed E-state index contributed by atoms with van der Waals surface area (Å²) in [6, 6.07) is 5.73. The van der Waals surface area contributed by atoms with Gasteiger partial charge >= 0.3 is 17.6 Å². The molecule has 1 aliphatic rings. The van der Waals surface area contributed by atoms with Crippen molar-refractivity contribution in [3.63, 3.8) is 0 Å². The van der Waals surface area contributed by atoms with Crippen LogP contribution < -0.4 is 20.1 Å². The molecule has 1 saturated heterocycles. The SMILES string of the molecule is COc1ccc(Cl)cc1N1CCN(CCCCOc2cnn(C)c(=O)n2)CC1.O=C(O)C=CC(=O)O. The molecular weight excluding hydrogens is 494 g/mol. The standard InChI is InChI=1S/C19H26ClN5O3.C4H4O4/c1-23-19(26)22-18(14-21-23)28-12-4-3-7-24-8-10-25(11-9-24)16-13-15(20)5-6-17(16)27-2;5-3(6)1-2-4(7)8/h5-6,13-14H,3-4,7-12H2,1-2H3;1-2H,(H,5,6)(H,7,8). The third-order valence-corrected chi connectivity index (χ3v) is 5.40. The van der Waals surface area contributed by atoms with E-state index in [1.807, 2.05) is 18.2 Å². The number of aliphatic carboxylic acids is 2. The number of methoxy groups -OCH3 is 1. The fraction of sp³-hybridized carbons (Fsp3) is 0.435. The van der Waals surface area contributed by atoms with Gasteiger partial charge in [-0.2, -0.15) is 10.1 Å². The molecule has 2 heterocycles. The average molecular weight is 524 g/mol. The molecule has 1 fully saturated rings. The van der Waals surface area contributed by atoms with E-state index in [1.165, 1.54) is 10.9 Å². The molecule has 1 aromatic heterocycles. The van der Waals surface area contributed by atoms with Crippen LogP contribution in [0.25, 0.3) is 0 Å². The highest BCUT2D eigenvalue weighted by Gasteiger charge is 2.19. The maximum absolute atomic E-state index is 11.4. The number of halogens is 1. The van der Waals surface area contributed by atoms with Crippen LogP contribution in [0, 0.1) is 0 Å². The number of anilines is 1. The van der Waals surface area contributed by atoms with Crippen molar-refractivity contribution in [3.8, 4) is 11.6 Å². The van der Waals surface area contributed by atoms with E-state index in [1.54, 1.807) is 14.2 Å². The van der Waals surface area contributed by atoms with Crippen LogP contribution in [0.5, 0.6) is 11.6 Å². The van der Waals surface area contributed by atoms with E-state index in [-0.39, 0.29) is 5.88 Å². The lowest BCUT2D eigenvalue weighted by Gasteiger charge is -2.36. The maximum Gasteiger partial charge on any atom is 0.366 e. The molecule has 0 bridgehead atoms. The van der Waals surface area contributed by atoms with Crippen LogP contribution >= 0.6 is 11.6 Å². The second kappa shape index (κ2) is 14.7. The van der Waals surface area contributed by atoms with E-state index in [4.69, 9.17) is 31.3 Å². The third-order valence-electron chi connectivity index (χ3n) is 5.17. The minimum absolute atomic E-state index is 0.284. The number of carbonyl (C=O) groups is 2. The zero-order chi connectivity index (χ0) is 26.5. The summed E-state index contributed by atoms with van der Waals surface area (Å²) < 4.78 is 12.1. The number of hydrogen-bond acceptors (Lipinski definition) is 9. The van der Waals surface area contributed by atoms with Crippen molar-refractivity contribution in [2.45, 2.75) is 12.8 Å². The number of carboxylic acids is 2. The number of ether oxygens (including phenoxy) is 2. The minimum atomic E-state index is -1.26. The summed E-state index contributed by atoms with van der Waals surface area (Å²) in [6.07, 6.45) is 4.51. The Bertz CT molecular complexity index is 1080. The van der Waals surface area contributed by atoms with Crippen molar-refractivity contribution in [3.05, 3.63) is 52.1 Å². The molecule has 1 aliphatic heterocycles. The van der Waals surface area contributed by atoms with Crippen molar-refractivity contribution < 1.29 is 29.3 Å². The van der Waals surface area contributed by atoms with Crippen LogP contribution in [0.1, 0.15) is 12.8 Å². The highest BCUT2D eigenvalue weighted by molar-refractivity contribution is 6.30. The lowest BCUT2D eigenvalue weighted by molar-refractivity contribution is -0.134. The normalized spacial score (nSPS) is 13.7. The van der Waals surface area contributed by atoms with Gasteiger partial charge in [0.1, 0.15) is 11.9 Å². The lowest BCUT2D eigenvalue weighted by atomic mass is 10.2. The summed E-state index contributed by atoms with van der Waals surface area (Å²) in [6.45, 7) is 5.42. The maximum atomic E-state index is 11.4. The molecule has 0 unspecified atom stereocenters. The van der Waals surface area contributed by atoms with Gasteiger partial charge in [-0.15, -0.1) is 0 Å². The Morgan fingerprint density at radius 1 is 1.11 bits per heavy atom. The number of aryl methyl sites for hydroxylation is 1. The van der Waals surface area contributed by atoms with Gasteiger partial charge in [-0.25, -0.2) is 19.1 Å². The van der Waals surface area contributed by atoms with Crippen molar-refractivity contribution >= 4 is 29.2 Å². The molecule has 2 aromatic rings. The van der Waals surface area contributed by atoms with Crippen molar-refractivity contribution in [2.75, 3.05) is 51.3 Å². The van der Waals surface area contributed by atoms with Crippen molar-refractivity contribution in [1.29, 1.82) is 0 Å². The summed E-state index contributed by atoms with van der Waals surface area (Å²) in [5, 5.41) is 20.2. The van der Waals surface area contributed by atoms with E-state index >= 15 is 0 Å². The first-order chi connectivity index (χ1) is 17.2. The first-order valence-electron chi connectivity index (χ1n) is 11.2. The number of aromatic nitrogens is 3. The van der Waals surface area contributed by atoms with Crippen LogP contribution in [0.2, 0.25) is 5.02 Å². The van der Waals surface area contributed by atoms with E-state index in [0.717, 1.165) is 62.0 Å². The van der Waals surface area contributed by atoms with Crippen LogP contribution in [0.4, 0.5) is 5.69 Å². The molecule has 0 aliphatic carbocycles. The van der Waals surface area contributed by atoms with Gasteiger partial charge < -0.3 is 24.6 Å². The number of rotatable bonds is 10. The van der Waals surface area contributed by atoms with Gasteiger partial charge in [0.2, 0.25) is 5.88 Å². The predicted octanol–water partition coefficient (Wildman–Crippen LogP) is 1.53. The van der Waals surface area contributed by atoms with Crippen LogP contribution in [0.15, 0.2) is 41.3 Å². The molecule has 3 rings (SSSR count). The fourth-order valence-electron chi connectivity index (χ4n) is 3.33. The minimum Gasteiger partial charge on any atom is -0.495 e. The molecule has 2 N–H and O–H groups in total. The molecule has 1 aromatic carbocycles. The number of benzene rings is 1. The van der Waals surface area contributed by atoms with Crippen LogP contribution in [0.3, 0.4) is 0 Å².